The number of rotatable bonds is 7. The molecule has 1 unspecified atom stereocenters. The van der Waals surface area contributed by atoms with Gasteiger partial charge in [-0.05, 0) is 59.2 Å². The molecule has 1 heterocycles. The van der Waals surface area contributed by atoms with Crippen LogP contribution < -0.4 is 9.47 Å². The SMILES string of the molecule is COc1ccc2cc(C(C)c3nc4ccccc4n3CCOc3ccccc3C)ccc2c1. The van der Waals surface area contributed by atoms with E-state index < -0.39 is 0 Å². The van der Waals surface area contributed by atoms with Gasteiger partial charge in [-0.2, -0.15) is 0 Å². The van der Waals surface area contributed by atoms with E-state index in [4.69, 9.17) is 14.5 Å². The fourth-order valence-corrected chi connectivity index (χ4v) is 4.41. The van der Waals surface area contributed by atoms with E-state index in [0.29, 0.717) is 6.61 Å². The van der Waals surface area contributed by atoms with Crippen molar-refractivity contribution in [3.63, 3.8) is 0 Å². The Bertz CT molecular complexity index is 1420. The quantitative estimate of drug-likeness (QED) is 0.284. The summed E-state index contributed by atoms with van der Waals surface area (Å²) in [4.78, 5) is 5.03. The van der Waals surface area contributed by atoms with Crippen molar-refractivity contribution in [2.24, 2.45) is 0 Å². The number of methoxy groups -OCH3 is 1. The van der Waals surface area contributed by atoms with Crippen LogP contribution in [0.3, 0.4) is 0 Å². The second kappa shape index (κ2) is 8.99. The number of nitrogens with zero attached hydrogens (tertiary/aromatic N) is 2. The van der Waals surface area contributed by atoms with E-state index in [9.17, 15) is 0 Å². The first-order valence-corrected chi connectivity index (χ1v) is 11.4. The van der Waals surface area contributed by atoms with Crippen LogP contribution >= 0.6 is 0 Å². The topological polar surface area (TPSA) is 36.3 Å². The van der Waals surface area contributed by atoms with Gasteiger partial charge in [0.05, 0.1) is 24.7 Å². The number of aromatic nitrogens is 2. The van der Waals surface area contributed by atoms with E-state index in [-0.39, 0.29) is 5.92 Å². The van der Waals surface area contributed by atoms with Crippen LogP contribution in [-0.4, -0.2) is 23.3 Å². The van der Waals surface area contributed by atoms with E-state index in [0.717, 1.165) is 40.5 Å². The number of benzene rings is 4. The summed E-state index contributed by atoms with van der Waals surface area (Å²) in [6.07, 6.45) is 0. The highest BCUT2D eigenvalue weighted by Gasteiger charge is 2.19. The first-order valence-electron chi connectivity index (χ1n) is 11.4. The Hall–Kier alpha value is -3.79. The van der Waals surface area contributed by atoms with E-state index in [1.165, 1.54) is 16.3 Å². The number of ether oxygens (including phenoxy) is 2. The standard InChI is InChI=1S/C29H28N2O2/c1-20-8-4-7-11-28(20)33-17-16-31-27-10-6-5-9-26(27)30-29(31)21(2)22-12-13-24-19-25(32-3)15-14-23(24)18-22/h4-15,18-19,21H,16-17H2,1-3H3. The van der Waals surface area contributed by atoms with Gasteiger partial charge in [0.1, 0.15) is 23.9 Å². The van der Waals surface area contributed by atoms with Gasteiger partial charge in [-0.3, -0.25) is 0 Å². The molecule has 0 bridgehead atoms. The van der Waals surface area contributed by atoms with Gasteiger partial charge in [-0.25, -0.2) is 4.98 Å². The highest BCUT2D eigenvalue weighted by Crippen LogP contribution is 2.30. The Morgan fingerprint density at radius 1 is 0.879 bits per heavy atom. The van der Waals surface area contributed by atoms with Gasteiger partial charge >= 0.3 is 0 Å². The van der Waals surface area contributed by atoms with Gasteiger partial charge < -0.3 is 14.0 Å². The molecule has 0 saturated heterocycles. The monoisotopic (exact) mass is 436 g/mol. The molecule has 0 radical (unpaired) electrons. The molecule has 0 saturated carbocycles. The Morgan fingerprint density at radius 3 is 2.48 bits per heavy atom. The number of imidazole rings is 1. The summed E-state index contributed by atoms with van der Waals surface area (Å²) in [5.41, 5.74) is 4.54. The smallest absolute Gasteiger partial charge is 0.122 e. The van der Waals surface area contributed by atoms with E-state index >= 15 is 0 Å². The van der Waals surface area contributed by atoms with Crippen molar-refractivity contribution in [3.8, 4) is 11.5 Å². The second-order valence-corrected chi connectivity index (χ2v) is 8.42. The van der Waals surface area contributed by atoms with Crippen LogP contribution in [0.5, 0.6) is 11.5 Å². The van der Waals surface area contributed by atoms with Crippen LogP contribution in [0.15, 0.2) is 84.9 Å². The lowest BCUT2D eigenvalue weighted by atomic mass is 9.97. The van der Waals surface area contributed by atoms with Crippen molar-refractivity contribution in [1.82, 2.24) is 9.55 Å². The summed E-state index contributed by atoms with van der Waals surface area (Å²) in [7, 11) is 1.70. The zero-order chi connectivity index (χ0) is 22.8. The van der Waals surface area contributed by atoms with Crippen molar-refractivity contribution in [2.45, 2.75) is 26.3 Å². The van der Waals surface area contributed by atoms with E-state index in [1.54, 1.807) is 7.11 Å². The Labute approximate surface area is 194 Å². The van der Waals surface area contributed by atoms with Gasteiger partial charge in [0.25, 0.3) is 0 Å². The molecule has 0 aliphatic carbocycles. The van der Waals surface area contributed by atoms with Crippen LogP contribution in [-0.2, 0) is 6.54 Å². The molecule has 1 aromatic heterocycles. The fourth-order valence-electron chi connectivity index (χ4n) is 4.41. The Balaban J connectivity index is 1.47. The normalized spacial score (nSPS) is 12.2. The van der Waals surface area contributed by atoms with Crippen LogP contribution in [0.25, 0.3) is 21.8 Å². The summed E-state index contributed by atoms with van der Waals surface area (Å²) in [5.74, 6) is 3.00. The van der Waals surface area contributed by atoms with Crippen LogP contribution in [0.2, 0.25) is 0 Å². The summed E-state index contributed by atoms with van der Waals surface area (Å²) < 4.78 is 13.8. The average molecular weight is 437 g/mol. The highest BCUT2D eigenvalue weighted by molar-refractivity contribution is 5.85. The van der Waals surface area contributed by atoms with Gasteiger partial charge in [-0.15, -0.1) is 0 Å². The molecule has 5 aromatic rings. The molecule has 0 amide bonds. The maximum Gasteiger partial charge on any atom is 0.122 e. The summed E-state index contributed by atoms with van der Waals surface area (Å²) in [5, 5.41) is 2.37. The molecule has 0 N–H and O–H groups in total. The van der Waals surface area contributed by atoms with Crippen molar-refractivity contribution >= 4 is 21.8 Å². The molecule has 1 atom stereocenters. The predicted molar refractivity (Wildman–Crippen MR) is 134 cm³/mol. The summed E-state index contributed by atoms with van der Waals surface area (Å²) >= 11 is 0. The maximum atomic E-state index is 6.12. The molecule has 4 heteroatoms. The minimum absolute atomic E-state index is 0.141. The highest BCUT2D eigenvalue weighted by atomic mass is 16.5. The predicted octanol–water partition coefficient (Wildman–Crippen LogP) is 6.74. The van der Waals surface area contributed by atoms with Crippen LogP contribution in [0, 0.1) is 6.92 Å². The zero-order valence-electron chi connectivity index (χ0n) is 19.3. The third-order valence-electron chi connectivity index (χ3n) is 6.31. The molecule has 0 aliphatic heterocycles. The minimum atomic E-state index is 0.141. The molecule has 0 fully saturated rings. The molecule has 0 aliphatic rings. The van der Waals surface area contributed by atoms with Gasteiger partial charge in [0.15, 0.2) is 0 Å². The van der Waals surface area contributed by atoms with Crippen molar-refractivity contribution in [2.75, 3.05) is 13.7 Å². The number of fused-ring (bicyclic) bond motifs is 2. The number of aryl methyl sites for hydroxylation is 1. The largest absolute Gasteiger partial charge is 0.497 e. The molecule has 33 heavy (non-hydrogen) atoms. The molecular formula is C29H28N2O2. The van der Waals surface area contributed by atoms with E-state index in [1.807, 2.05) is 30.3 Å². The van der Waals surface area contributed by atoms with Gasteiger partial charge in [0, 0.05) is 5.92 Å². The second-order valence-electron chi connectivity index (χ2n) is 8.42. The Kier molecular flexibility index (Phi) is 5.74. The van der Waals surface area contributed by atoms with Gasteiger partial charge in [0.2, 0.25) is 0 Å². The maximum absolute atomic E-state index is 6.12. The molecule has 166 valence electrons. The average Bonchev–Trinajstić information content (AvgIpc) is 3.22. The lowest BCUT2D eigenvalue weighted by molar-refractivity contribution is 0.296. The van der Waals surface area contributed by atoms with Crippen LogP contribution in [0.1, 0.15) is 29.8 Å². The lowest BCUT2D eigenvalue weighted by Gasteiger charge is -2.17. The number of hydrogen-bond acceptors (Lipinski definition) is 3. The molecule has 4 nitrogen and oxygen atoms in total. The molecular weight excluding hydrogens is 408 g/mol. The minimum Gasteiger partial charge on any atom is -0.497 e. The first kappa shape index (κ1) is 21.1. The van der Waals surface area contributed by atoms with Crippen molar-refractivity contribution < 1.29 is 9.47 Å². The zero-order valence-corrected chi connectivity index (χ0v) is 19.3. The van der Waals surface area contributed by atoms with Crippen molar-refractivity contribution in [3.05, 3.63) is 102 Å². The lowest BCUT2D eigenvalue weighted by Crippen LogP contribution is -2.14. The third-order valence-corrected chi connectivity index (χ3v) is 6.31. The van der Waals surface area contributed by atoms with Crippen LogP contribution in [0.4, 0.5) is 0 Å². The Morgan fingerprint density at radius 2 is 1.64 bits per heavy atom. The number of hydrogen-bond donors (Lipinski definition) is 0. The van der Waals surface area contributed by atoms with E-state index in [2.05, 4.69) is 73.0 Å². The molecule has 0 spiro atoms. The summed E-state index contributed by atoms with van der Waals surface area (Å²) in [6, 6.07) is 29.3. The third kappa shape index (κ3) is 4.17. The van der Waals surface area contributed by atoms with Crippen molar-refractivity contribution in [1.29, 1.82) is 0 Å². The number of para-hydroxylation sites is 3. The first-order chi connectivity index (χ1) is 16.1. The molecule has 4 aromatic carbocycles. The molecule has 5 rings (SSSR count). The fraction of sp³-hybridized carbons (Fsp3) is 0.207. The van der Waals surface area contributed by atoms with Gasteiger partial charge in [-0.1, -0.05) is 61.5 Å². The summed E-state index contributed by atoms with van der Waals surface area (Å²) in [6.45, 7) is 5.62.